The van der Waals surface area contributed by atoms with Crippen molar-refractivity contribution in [1.29, 1.82) is 0 Å². The van der Waals surface area contributed by atoms with Gasteiger partial charge in [0.15, 0.2) is 0 Å². The Balaban J connectivity index is 1.94. The molecule has 1 nitrogen and oxygen atoms in total. The smallest absolute Gasteiger partial charge is 0.0108 e. The van der Waals surface area contributed by atoms with Crippen LogP contribution in [0.5, 0.6) is 0 Å². The number of fused-ring (bicyclic) bond motifs is 1. The summed E-state index contributed by atoms with van der Waals surface area (Å²) in [6, 6.07) is 8.99. The number of hydrogen-bond donors (Lipinski definition) is 0. The molecule has 0 saturated heterocycles. The van der Waals surface area contributed by atoms with Crippen molar-refractivity contribution < 1.29 is 0 Å². The first-order valence-electron chi connectivity index (χ1n) is 8.50. The molecule has 0 bridgehead atoms. The minimum atomic E-state index is 0.727. The molecule has 0 amide bonds. The molecular formula is C19H31NS. The maximum Gasteiger partial charge on any atom is 0.0108 e. The molecule has 1 aromatic rings. The second-order valence-corrected chi connectivity index (χ2v) is 8.27. The number of thioether (sulfide) groups is 1. The maximum absolute atomic E-state index is 2.72. The van der Waals surface area contributed by atoms with Crippen LogP contribution in [0.2, 0.25) is 0 Å². The lowest BCUT2D eigenvalue weighted by atomic mass is 9.99. The molecule has 0 aromatic heterocycles. The van der Waals surface area contributed by atoms with Crippen LogP contribution in [0, 0.1) is 11.8 Å². The van der Waals surface area contributed by atoms with Gasteiger partial charge in [-0.3, -0.25) is 0 Å². The number of benzene rings is 1. The molecule has 0 radical (unpaired) electrons. The van der Waals surface area contributed by atoms with Gasteiger partial charge in [-0.15, -0.1) is 11.8 Å². The van der Waals surface area contributed by atoms with Crippen molar-refractivity contribution in [3.63, 3.8) is 0 Å². The number of rotatable bonds is 8. The van der Waals surface area contributed by atoms with E-state index < -0.39 is 0 Å². The highest BCUT2D eigenvalue weighted by Gasteiger charge is 2.24. The largest absolute Gasteiger partial charge is 0.303 e. The highest BCUT2D eigenvalue weighted by molar-refractivity contribution is 7.99. The van der Waals surface area contributed by atoms with Crippen LogP contribution in [0.4, 0.5) is 0 Å². The van der Waals surface area contributed by atoms with Crippen molar-refractivity contribution in [1.82, 2.24) is 4.90 Å². The fourth-order valence-corrected chi connectivity index (χ4v) is 4.11. The number of nitrogens with zero attached hydrogens (tertiary/aromatic N) is 1. The Morgan fingerprint density at radius 1 is 1.05 bits per heavy atom. The quantitative estimate of drug-likeness (QED) is 0.643. The summed E-state index contributed by atoms with van der Waals surface area (Å²) in [5.41, 5.74) is 1.58. The normalized spacial score (nSPS) is 18.0. The first kappa shape index (κ1) is 16.9. The van der Waals surface area contributed by atoms with E-state index in [1.807, 2.05) is 11.8 Å². The third-order valence-corrected chi connectivity index (χ3v) is 5.57. The molecule has 2 rings (SSSR count). The molecule has 2 heteroatoms. The lowest BCUT2D eigenvalue weighted by Crippen LogP contribution is -2.32. The molecule has 0 aliphatic carbocycles. The topological polar surface area (TPSA) is 3.24 Å². The van der Waals surface area contributed by atoms with Crippen molar-refractivity contribution in [2.24, 2.45) is 11.8 Å². The van der Waals surface area contributed by atoms with Gasteiger partial charge in [0.05, 0.1) is 0 Å². The van der Waals surface area contributed by atoms with Crippen molar-refractivity contribution in [2.45, 2.75) is 51.3 Å². The molecule has 1 heterocycles. The lowest BCUT2D eigenvalue weighted by molar-refractivity contribution is 0.234. The molecule has 0 spiro atoms. The summed E-state index contributed by atoms with van der Waals surface area (Å²) in [6.07, 6.45) is 2.64. The third-order valence-electron chi connectivity index (χ3n) is 4.32. The Morgan fingerprint density at radius 2 is 1.67 bits per heavy atom. The predicted octanol–water partition coefficient (Wildman–Crippen LogP) is 5.27. The van der Waals surface area contributed by atoms with Gasteiger partial charge in [0.1, 0.15) is 0 Å². The minimum Gasteiger partial charge on any atom is -0.303 e. The van der Waals surface area contributed by atoms with Gasteiger partial charge in [0.25, 0.3) is 0 Å². The minimum absolute atomic E-state index is 0.727. The summed E-state index contributed by atoms with van der Waals surface area (Å²) in [5.74, 6) is 3.60. The Kier molecular flexibility index (Phi) is 6.63. The summed E-state index contributed by atoms with van der Waals surface area (Å²) in [7, 11) is 0. The zero-order valence-electron chi connectivity index (χ0n) is 14.1. The number of hydrogen-bond acceptors (Lipinski definition) is 2. The van der Waals surface area contributed by atoms with E-state index in [1.165, 1.54) is 43.1 Å². The van der Waals surface area contributed by atoms with Gasteiger partial charge in [-0.05, 0) is 49.4 Å². The van der Waals surface area contributed by atoms with Gasteiger partial charge in [-0.1, -0.05) is 45.9 Å². The lowest BCUT2D eigenvalue weighted by Gasteiger charge is -2.27. The van der Waals surface area contributed by atoms with Crippen LogP contribution in [0.3, 0.4) is 0 Å². The van der Waals surface area contributed by atoms with E-state index in [-0.39, 0.29) is 0 Å². The van der Waals surface area contributed by atoms with Crippen LogP contribution < -0.4 is 0 Å². The van der Waals surface area contributed by atoms with E-state index >= 15 is 0 Å². The fourth-order valence-electron chi connectivity index (χ4n) is 2.87. The van der Waals surface area contributed by atoms with Crippen molar-refractivity contribution >= 4 is 11.8 Å². The van der Waals surface area contributed by atoms with E-state index in [2.05, 4.69) is 56.9 Å². The molecule has 0 fully saturated rings. The van der Waals surface area contributed by atoms with Crippen LogP contribution in [-0.4, -0.2) is 30.3 Å². The van der Waals surface area contributed by atoms with Gasteiger partial charge in [-0.25, -0.2) is 0 Å². The molecule has 1 aromatic carbocycles. The summed E-state index contributed by atoms with van der Waals surface area (Å²) in [5, 5.41) is 0. The van der Waals surface area contributed by atoms with Crippen LogP contribution >= 0.6 is 11.8 Å². The molecule has 0 N–H and O–H groups in total. The third kappa shape index (κ3) is 5.34. The molecular weight excluding hydrogens is 274 g/mol. The average Bonchev–Trinajstić information content (AvgIpc) is 2.85. The van der Waals surface area contributed by atoms with E-state index in [9.17, 15) is 0 Å². The van der Waals surface area contributed by atoms with Gasteiger partial charge < -0.3 is 4.90 Å². The maximum atomic E-state index is 2.72. The molecule has 1 atom stereocenters. The molecule has 1 unspecified atom stereocenters. The summed E-state index contributed by atoms with van der Waals surface area (Å²) in [4.78, 5) is 4.23. The second-order valence-electron chi connectivity index (χ2n) is 7.21. The van der Waals surface area contributed by atoms with Crippen LogP contribution in [-0.2, 0) is 0 Å². The fraction of sp³-hybridized carbons (Fsp3) is 0.684. The Labute approximate surface area is 135 Å². The standard InChI is InChI=1S/C19H31NS/c1-15(2)9-11-20(12-10-16(3)4)13-17-14-21-19-8-6-5-7-18(17)19/h5-8,15-17H,9-14H2,1-4H3. The zero-order valence-corrected chi connectivity index (χ0v) is 15.0. The SMILES string of the molecule is CC(C)CCN(CCC(C)C)CC1CSc2ccccc21. The van der Waals surface area contributed by atoms with Gasteiger partial charge in [0, 0.05) is 23.1 Å². The van der Waals surface area contributed by atoms with Gasteiger partial charge in [0.2, 0.25) is 0 Å². The molecule has 0 saturated carbocycles. The monoisotopic (exact) mass is 305 g/mol. The molecule has 118 valence electrons. The average molecular weight is 306 g/mol. The second kappa shape index (κ2) is 8.24. The van der Waals surface area contributed by atoms with Crippen LogP contribution in [0.25, 0.3) is 0 Å². The molecule has 1 aliphatic heterocycles. The highest BCUT2D eigenvalue weighted by Crippen LogP contribution is 2.39. The van der Waals surface area contributed by atoms with E-state index in [4.69, 9.17) is 0 Å². The van der Waals surface area contributed by atoms with Crippen LogP contribution in [0.1, 0.15) is 52.0 Å². The molecule has 1 aliphatic rings. The highest BCUT2D eigenvalue weighted by atomic mass is 32.2. The van der Waals surface area contributed by atoms with Crippen molar-refractivity contribution in [2.75, 3.05) is 25.4 Å². The first-order chi connectivity index (χ1) is 10.1. The van der Waals surface area contributed by atoms with E-state index in [1.54, 1.807) is 5.56 Å². The molecule has 21 heavy (non-hydrogen) atoms. The van der Waals surface area contributed by atoms with E-state index in [0.29, 0.717) is 0 Å². The summed E-state index contributed by atoms with van der Waals surface area (Å²) in [6.45, 7) is 13.1. The van der Waals surface area contributed by atoms with Crippen LogP contribution in [0.15, 0.2) is 29.2 Å². The Hall–Kier alpha value is -0.470. The van der Waals surface area contributed by atoms with Gasteiger partial charge >= 0.3 is 0 Å². The predicted molar refractivity (Wildman–Crippen MR) is 95.3 cm³/mol. The Morgan fingerprint density at radius 3 is 2.29 bits per heavy atom. The summed E-state index contributed by atoms with van der Waals surface area (Å²) < 4.78 is 0. The van der Waals surface area contributed by atoms with Crippen molar-refractivity contribution in [3.8, 4) is 0 Å². The van der Waals surface area contributed by atoms with Gasteiger partial charge in [-0.2, -0.15) is 0 Å². The van der Waals surface area contributed by atoms with E-state index in [0.717, 1.165) is 17.8 Å². The summed E-state index contributed by atoms with van der Waals surface area (Å²) >= 11 is 2.04. The Bertz CT molecular complexity index is 415. The van der Waals surface area contributed by atoms with Crippen molar-refractivity contribution in [3.05, 3.63) is 29.8 Å². The first-order valence-corrected chi connectivity index (χ1v) is 9.49. The zero-order chi connectivity index (χ0) is 15.2.